The average molecular weight is 783 g/mol. The topological polar surface area (TPSA) is 198 Å². The largest absolute Gasteiger partial charge is 0.478 e. The number of carboxylic acid groups (broad SMARTS) is 3. The molecule has 3 heterocycles. The van der Waals surface area contributed by atoms with Crippen LogP contribution in [0.25, 0.3) is 11.4 Å². The van der Waals surface area contributed by atoms with Gasteiger partial charge >= 0.3 is 17.9 Å². The minimum Gasteiger partial charge on any atom is -0.478 e. The number of aromatic carboxylic acids is 3. The molecule has 48 heavy (non-hydrogen) atoms. The molecule has 0 radical (unpaired) electrons. The predicted octanol–water partition coefficient (Wildman–Crippen LogP) is 7.41. The molecule has 0 spiro atoms. The molecule has 0 fully saturated rings. The molecule has 0 amide bonds. The predicted molar refractivity (Wildman–Crippen MR) is 188 cm³/mol. The van der Waals surface area contributed by atoms with Crippen molar-refractivity contribution in [2.24, 2.45) is 9.98 Å². The Labute approximate surface area is 298 Å². The van der Waals surface area contributed by atoms with Crippen LogP contribution in [0.15, 0.2) is 93.8 Å². The molecule has 3 aromatic carbocycles. The Kier molecular flexibility index (Phi) is 17.4. The zero-order valence-electron chi connectivity index (χ0n) is 23.0. The van der Waals surface area contributed by atoms with Crippen molar-refractivity contribution in [2.45, 2.75) is 14.9 Å². The maximum absolute atomic E-state index is 11.0. The van der Waals surface area contributed by atoms with Gasteiger partial charge in [-0.15, -0.1) is 5.10 Å². The van der Waals surface area contributed by atoms with Crippen molar-refractivity contribution in [3.8, 4) is 11.4 Å². The van der Waals surface area contributed by atoms with Crippen LogP contribution in [0.2, 0.25) is 15.1 Å². The van der Waals surface area contributed by atoms with Crippen molar-refractivity contribution in [1.82, 2.24) is 30.0 Å². The third-order valence-corrected chi connectivity index (χ3v) is 6.94. The van der Waals surface area contributed by atoms with Crippen LogP contribution in [0.4, 0.5) is 0 Å². The summed E-state index contributed by atoms with van der Waals surface area (Å²) in [5.74, 6) is -3.22. The number of aliphatic imine (C=N–C) groups is 2. The first-order valence-corrected chi connectivity index (χ1v) is 14.4. The van der Waals surface area contributed by atoms with Crippen LogP contribution in [0.3, 0.4) is 0 Å². The molecule has 3 N–H and O–H groups in total. The van der Waals surface area contributed by atoms with Crippen LogP contribution in [0.5, 0.6) is 0 Å². The van der Waals surface area contributed by atoms with E-state index in [1.54, 1.807) is 55.0 Å². The number of hydrogen-bond acceptors (Lipinski definition) is 9. The van der Waals surface area contributed by atoms with E-state index in [4.69, 9.17) is 50.1 Å². The first kappa shape index (κ1) is 41.1. The van der Waals surface area contributed by atoms with Gasteiger partial charge in [0.05, 0.1) is 51.1 Å². The van der Waals surface area contributed by atoms with E-state index in [-0.39, 0.29) is 46.6 Å². The van der Waals surface area contributed by atoms with E-state index in [0.29, 0.717) is 22.5 Å². The fraction of sp³-hybridized carbons (Fsp3) is 0.100. The lowest BCUT2D eigenvalue weighted by Crippen LogP contribution is -2.08. The fourth-order valence-electron chi connectivity index (χ4n) is 3.42. The SMILES string of the molecule is C.C.C1=NCN=C1.O=C(O)c1c(Cl)cccc1-n1ccnn1.O=C(O)c1c(Cl)cccc1-n1nccn1.O=C(O)c1c(Cl)cccc1Br. The van der Waals surface area contributed by atoms with Gasteiger partial charge in [-0.2, -0.15) is 15.0 Å². The number of nitrogens with zero attached hydrogens (tertiary/aromatic N) is 8. The molecule has 1 aliphatic heterocycles. The van der Waals surface area contributed by atoms with Gasteiger partial charge in [0, 0.05) is 16.9 Å². The lowest BCUT2D eigenvalue weighted by Gasteiger charge is -2.06. The number of carboxylic acids is 3. The van der Waals surface area contributed by atoms with Crippen molar-refractivity contribution in [3.63, 3.8) is 0 Å². The first-order valence-electron chi connectivity index (χ1n) is 12.5. The molecule has 0 unspecified atom stereocenters. The standard InChI is InChI=1S/2C9H6ClN3O2.C7H4BrClO2.C3H4N2.2CH4/c10-6-2-1-3-7(8(6)9(14)15)13-5-4-11-12-13;10-6-2-1-3-7(8(6)9(14)15)13-11-4-5-12-13;8-4-2-1-3-5(9)6(4)7(10)11;1-2-5-3-4-1;;/h2*1-5H,(H,14,15);1-3H,(H,10,11);1-2H,3H2;2*1H4. The molecule has 1 aliphatic rings. The van der Waals surface area contributed by atoms with Gasteiger partial charge in [-0.1, -0.05) is 73.1 Å². The molecule has 0 saturated carbocycles. The van der Waals surface area contributed by atoms with Gasteiger partial charge in [-0.05, 0) is 52.3 Å². The second kappa shape index (κ2) is 20.3. The molecule has 6 rings (SSSR count). The summed E-state index contributed by atoms with van der Waals surface area (Å²) >= 11 is 20.3. The summed E-state index contributed by atoms with van der Waals surface area (Å²) in [6, 6.07) is 14.4. The summed E-state index contributed by atoms with van der Waals surface area (Å²) in [7, 11) is 0. The van der Waals surface area contributed by atoms with Gasteiger partial charge in [0.15, 0.2) is 0 Å². The number of aromatic nitrogens is 6. The number of carbonyl (C=O) groups is 3. The first-order chi connectivity index (χ1) is 22.0. The van der Waals surface area contributed by atoms with Crippen molar-refractivity contribution in [2.75, 3.05) is 6.67 Å². The summed E-state index contributed by atoms with van der Waals surface area (Å²) in [5, 5.41) is 42.2. The second-order valence-electron chi connectivity index (χ2n) is 8.25. The third kappa shape index (κ3) is 11.4. The monoisotopic (exact) mass is 780 g/mol. The molecule has 0 aliphatic carbocycles. The van der Waals surface area contributed by atoms with Gasteiger partial charge in [0.1, 0.15) is 23.5 Å². The Morgan fingerprint density at radius 3 is 1.52 bits per heavy atom. The van der Waals surface area contributed by atoms with E-state index in [9.17, 15) is 14.4 Å². The molecule has 0 saturated heterocycles. The minimum absolute atomic E-state index is 0. The highest BCUT2D eigenvalue weighted by molar-refractivity contribution is 9.10. The Bertz CT molecular complexity index is 1750. The van der Waals surface area contributed by atoms with Gasteiger partial charge in [0.2, 0.25) is 0 Å². The molecule has 5 aromatic rings. The van der Waals surface area contributed by atoms with E-state index in [0.717, 1.165) is 0 Å². The van der Waals surface area contributed by atoms with Crippen molar-refractivity contribution in [3.05, 3.63) is 116 Å². The smallest absolute Gasteiger partial charge is 0.339 e. The van der Waals surface area contributed by atoms with Crippen molar-refractivity contribution >= 4 is 81.1 Å². The molecule has 2 aromatic heterocycles. The molecule has 14 nitrogen and oxygen atoms in total. The lowest BCUT2D eigenvalue weighted by molar-refractivity contribution is 0.0685. The number of rotatable bonds is 5. The van der Waals surface area contributed by atoms with E-state index in [2.05, 4.69) is 46.4 Å². The number of hydrogen-bond donors (Lipinski definition) is 3. The van der Waals surface area contributed by atoms with Crippen LogP contribution >= 0.6 is 50.7 Å². The molecule has 0 bridgehead atoms. The van der Waals surface area contributed by atoms with Gasteiger partial charge in [-0.3, -0.25) is 9.98 Å². The van der Waals surface area contributed by atoms with Crippen molar-refractivity contribution in [1.29, 1.82) is 0 Å². The van der Waals surface area contributed by atoms with E-state index in [1.807, 2.05) is 0 Å². The Morgan fingerprint density at radius 1 is 0.667 bits per heavy atom. The van der Waals surface area contributed by atoms with Gasteiger partial charge in [0.25, 0.3) is 0 Å². The summed E-state index contributed by atoms with van der Waals surface area (Å²) in [5.41, 5.74) is 0.863. The highest BCUT2D eigenvalue weighted by Gasteiger charge is 2.17. The fourth-order valence-corrected chi connectivity index (χ4v) is 4.83. The minimum atomic E-state index is -1.10. The summed E-state index contributed by atoms with van der Waals surface area (Å²) in [6.45, 7) is 0.639. The highest BCUT2D eigenvalue weighted by atomic mass is 79.9. The maximum atomic E-state index is 11.0. The van der Waals surface area contributed by atoms with Gasteiger partial charge < -0.3 is 15.3 Å². The number of benzene rings is 3. The van der Waals surface area contributed by atoms with E-state index < -0.39 is 17.9 Å². The quantitative estimate of drug-likeness (QED) is 0.161. The summed E-state index contributed by atoms with van der Waals surface area (Å²) < 4.78 is 1.85. The van der Waals surface area contributed by atoms with Crippen LogP contribution in [0, 0.1) is 0 Å². The summed E-state index contributed by atoms with van der Waals surface area (Å²) in [6.07, 6.45) is 9.34. The molecule has 18 heteroatoms. The molecular formula is C30H28BrCl3N8O6. The normalized spacial score (nSPS) is 10.4. The Hall–Kier alpha value is -4.96. The van der Waals surface area contributed by atoms with Crippen molar-refractivity contribution < 1.29 is 29.7 Å². The zero-order valence-corrected chi connectivity index (χ0v) is 26.9. The number of halogens is 4. The van der Waals surface area contributed by atoms with Crippen LogP contribution < -0.4 is 0 Å². The highest BCUT2D eigenvalue weighted by Crippen LogP contribution is 2.25. The lowest BCUT2D eigenvalue weighted by atomic mass is 10.2. The Balaban J connectivity index is 0.000000332. The van der Waals surface area contributed by atoms with E-state index >= 15 is 0 Å². The molecule has 0 atom stereocenters. The second-order valence-corrected chi connectivity index (χ2v) is 10.3. The maximum Gasteiger partial charge on any atom is 0.339 e. The molecular weight excluding hydrogens is 755 g/mol. The zero-order chi connectivity index (χ0) is 33.6. The molecule has 252 valence electrons. The Morgan fingerprint density at radius 2 is 1.12 bits per heavy atom. The summed E-state index contributed by atoms with van der Waals surface area (Å²) in [4.78, 5) is 41.2. The van der Waals surface area contributed by atoms with Crippen LogP contribution in [0.1, 0.15) is 45.9 Å². The van der Waals surface area contributed by atoms with Crippen LogP contribution in [-0.2, 0) is 0 Å². The third-order valence-electron chi connectivity index (χ3n) is 5.33. The van der Waals surface area contributed by atoms with Gasteiger partial charge in [-0.25, -0.2) is 19.1 Å². The average Bonchev–Trinajstić information content (AvgIpc) is 3.83. The van der Waals surface area contributed by atoms with E-state index in [1.165, 1.54) is 46.3 Å². The van der Waals surface area contributed by atoms with Crippen LogP contribution in [-0.4, -0.2) is 82.3 Å².